The minimum absolute atomic E-state index is 0.0111. The molecule has 2 aromatic rings. The fourth-order valence-corrected chi connectivity index (χ4v) is 3.26. The molecule has 1 aliphatic heterocycles. The highest BCUT2D eigenvalue weighted by Crippen LogP contribution is 2.35. The van der Waals surface area contributed by atoms with Crippen molar-refractivity contribution >= 4 is 21.7 Å². The third kappa shape index (κ3) is 2.93. The van der Waals surface area contributed by atoms with Crippen LogP contribution in [0.25, 0.3) is 0 Å². The molecule has 3 rings (SSSR count). The molecular formula is C15H12NO7S-. The van der Waals surface area contributed by atoms with E-state index in [0.717, 1.165) is 6.07 Å². The molecule has 2 aromatic carbocycles. The van der Waals surface area contributed by atoms with Gasteiger partial charge in [-0.25, -0.2) is 8.42 Å². The van der Waals surface area contributed by atoms with E-state index in [1.807, 2.05) is 0 Å². The number of carbonyl (C=O) groups is 1. The maximum Gasteiger partial charge on any atom is 0.261 e. The highest BCUT2D eigenvalue weighted by Gasteiger charge is 2.19. The van der Waals surface area contributed by atoms with Crippen molar-refractivity contribution in [3.8, 4) is 17.2 Å². The van der Waals surface area contributed by atoms with E-state index in [0.29, 0.717) is 11.5 Å². The van der Waals surface area contributed by atoms with E-state index < -0.39 is 16.0 Å². The van der Waals surface area contributed by atoms with Crippen LogP contribution in [0.3, 0.4) is 0 Å². The lowest BCUT2D eigenvalue weighted by Gasteiger charge is -2.13. The van der Waals surface area contributed by atoms with E-state index in [1.54, 1.807) is 6.07 Å². The third-order valence-electron chi connectivity index (χ3n) is 3.33. The van der Waals surface area contributed by atoms with Gasteiger partial charge in [-0.15, -0.1) is 0 Å². The van der Waals surface area contributed by atoms with Crippen LogP contribution in [0.2, 0.25) is 0 Å². The average molecular weight is 350 g/mol. The van der Waals surface area contributed by atoms with E-state index in [9.17, 15) is 18.3 Å². The number of methoxy groups -OCH3 is 1. The van der Waals surface area contributed by atoms with Gasteiger partial charge >= 0.3 is 0 Å². The Labute approximate surface area is 137 Å². The number of carboxylic acid groups (broad SMARTS) is 1. The van der Waals surface area contributed by atoms with Crippen LogP contribution in [-0.2, 0) is 10.0 Å². The van der Waals surface area contributed by atoms with E-state index in [4.69, 9.17) is 14.2 Å². The number of hydrogen-bond donors (Lipinski definition) is 1. The largest absolute Gasteiger partial charge is 0.545 e. The van der Waals surface area contributed by atoms with Crippen molar-refractivity contribution in [3.63, 3.8) is 0 Å². The summed E-state index contributed by atoms with van der Waals surface area (Å²) in [4.78, 5) is 10.9. The van der Waals surface area contributed by atoms with Gasteiger partial charge in [0, 0.05) is 11.6 Å². The quantitative estimate of drug-likeness (QED) is 0.839. The standard InChI is InChI=1S/C15H13NO7S/c1-21-12-5-3-10(7-11(12)15(17)18)24(19,20)16-9-2-4-13-14(6-9)23-8-22-13/h2-7,16H,8H2,1H3,(H,17,18)/p-1. The van der Waals surface area contributed by atoms with Gasteiger partial charge in [-0.1, -0.05) is 0 Å². The van der Waals surface area contributed by atoms with Crippen LogP contribution in [0.5, 0.6) is 17.2 Å². The molecule has 0 unspecified atom stereocenters. The van der Waals surface area contributed by atoms with Crippen LogP contribution in [0, 0.1) is 0 Å². The minimum atomic E-state index is -4.00. The Morgan fingerprint density at radius 1 is 1.17 bits per heavy atom. The number of ether oxygens (including phenoxy) is 3. The monoisotopic (exact) mass is 350 g/mol. The summed E-state index contributed by atoms with van der Waals surface area (Å²) in [5.74, 6) is -0.592. The van der Waals surface area contributed by atoms with Gasteiger partial charge < -0.3 is 24.1 Å². The molecule has 0 saturated carbocycles. The number of aromatic carboxylic acids is 1. The Morgan fingerprint density at radius 3 is 2.62 bits per heavy atom. The minimum Gasteiger partial charge on any atom is -0.545 e. The van der Waals surface area contributed by atoms with Crippen molar-refractivity contribution in [2.24, 2.45) is 0 Å². The summed E-state index contributed by atoms with van der Waals surface area (Å²) in [6, 6.07) is 8.02. The molecular weight excluding hydrogens is 338 g/mol. The summed E-state index contributed by atoms with van der Waals surface area (Å²) in [5, 5.41) is 11.1. The molecule has 0 spiro atoms. The van der Waals surface area contributed by atoms with Gasteiger partial charge in [-0.2, -0.15) is 0 Å². The van der Waals surface area contributed by atoms with E-state index in [-0.39, 0.29) is 28.7 Å². The summed E-state index contributed by atoms with van der Waals surface area (Å²) in [6.45, 7) is 0.0684. The lowest BCUT2D eigenvalue weighted by atomic mass is 10.2. The Bertz CT molecular complexity index is 908. The zero-order valence-electron chi connectivity index (χ0n) is 12.4. The Morgan fingerprint density at radius 2 is 1.92 bits per heavy atom. The number of sulfonamides is 1. The Kier molecular flexibility index (Phi) is 3.94. The SMILES string of the molecule is COc1ccc(S(=O)(=O)Nc2ccc3c(c2)OCO3)cc1C(=O)[O-]. The summed E-state index contributed by atoms with van der Waals surface area (Å²) in [5.41, 5.74) is -0.101. The highest BCUT2D eigenvalue weighted by atomic mass is 32.2. The molecule has 24 heavy (non-hydrogen) atoms. The summed E-state index contributed by atoms with van der Waals surface area (Å²) < 4.78 is 42.4. The van der Waals surface area contributed by atoms with Crippen molar-refractivity contribution in [1.82, 2.24) is 0 Å². The molecule has 0 saturated heterocycles. The van der Waals surface area contributed by atoms with Crippen LogP contribution < -0.4 is 24.0 Å². The topological polar surface area (TPSA) is 114 Å². The molecule has 0 aromatic heterocycles. The van der Waals surface area contributed by atoms with Gasteiger partial charge in [0.05, 0.1) is 23.7 Å². The van der Waals surface area contributed by atoms with Gasteiger partial charge in [-0.05, 0) is 30.3 Å². The molecule has 0 bridgehead atoms. The van der Waals surface area contributed by atoms with Crippen molar-refractivity contribution < 1.29 is 32.5 Å². The van der Waals surface area contributed by atoms with E-state index in [1.165, 1.54) is 31.4 Å². The number of carbonyl (C=O) groups excluding carboxylic acids is 1. The maximum atomic E-state index is 12.4. The number of fused-ring (bicyclic) bond motifs is 1. The number of carboxylic acids is 1. The first kappa shape index (κ1) is 15.9. The average Bonchev–Trinajstić information content (AvgIpc) is 3.01. The third-order valence-corrected chi connectivity index (χ3v) is 4.70. The molecule has 0 radical (unpaired) electrons. The molecule has 9 heteroatoms. The van der Waals surface area contributed by atoms with Crippen LogP contribution in [-0.4, -0.2) is 28.3 Å². The van der Waals surface area contributed by atoms with Crippen LogP contribution in [0.1, 0.15) is 10.4 Å². The van der Waals surface area contributed by atoms with E-state index >= 15 is 0 Å². The lowest BCUT2D eigenvalue weighted by Crippen LogP contribution is -2.23. The van der Waals surface area contributed by atoms with Crippen molar-refractivity contribution in [2.45, 2.75) is 4.90 Å². The van der Waals surface area contributed by atoms with Crippen LogP contribution >= 0.6 is 0 Å². The highest BCUT2D eigenvalue weighted by molar-refractivity contribution is 7.92. The second-order valence-corrected chi connectivity index (χ2v) is 6.51. The fourth-order valence-electron chi connectivity index (χ4n) is 2.19. The van der Waals surface area contributed by atoms with Gasteiger partial charge in [0.1, 0.15) is 5.75 Å². The zero-order valence-corrected chi connectivity index (χ0v) is 13.3. The normalized spacial score (nSPS) is 12.7. The molecule has 0 amide bonds. The summed E-state index contributed by atoms with van der Waals surface area (Å²) in [7, 11) is -2.73. The summed E-state index contributed by atoms with van der Waals surface area (Å²) in [6.07, 6.45) is 0. The van der Waals surface area contributed by atoms with Gasteiger partial charge in [0.15, 0.2) is 11.5 Å². The molecule has 1 aliphatic rings. The zero-order chi connectivity index (χ0) is 17.3. The van der Waals surface area contributed by atoms with Crippen LogP contribution in [0.15, 0.2) is 41.3 Å². The number of anilines is 1. The first-order valence-corrected chi connectivity index (χ1v) is 8.21. The van der Waals surface area contributed by atoms with Gasteiger partial charge in [-0.3, -0.25) is 4.72 Å². The van der Waals surface area contributed by atoms with Crippen molar-refractivity contribution in [2.75, 3.05) is 18.6 Å². The first-order chi connectivity index (χ1) is 11.4. The molecule has 8 nitrogen and oxygen atoms in total. The number of hydrogen-bond acceptors (Lipinski definition) is 7. The molecule has 1 heterocycles. The number of nitrogens with one attached hydrogen (secondary N) is 1. The lowest BCUT2D eigenvalue weighted by molar-refractivity contribution is -0.255. The van der Waals surface area contributed by atoms with Crippen molar-refractivity contribution in [1.29, 1.82) is 0 Å². The fraction of sp³-hybridized carbons (Fsp3) is 0.133. The molecule has 1 N–H and O–H groups in total. The van der Waals surface area contributed by atoms with Crippen LogP contribution in [0.4, 0.5) is 5.69 Å². The summed E-state index contributed by atoms with van der Waals surface area (Å²) >= 11 is 0. The predicted molar refractivity (Wildman–Crippen MR) is 80.7 cm³/mol. The molecule has 0 fully saturated rings. The molecule has 0 atom stereocenters. The maximum absolute atomic E-state index is 12.4. The number of rotatable bonds is 5. The second kappa shape index (κ2) is 5.93. The molecule has 126 valence electrons. The smallest absolute Gasteiger partial charge is 0.261 e. The van der Waals surface area contributed by atoms with Crippen molar-refractivity contribution in [3.05, 3.63) is 42.0 Å². The second-order valence-electron chi connectivity index (χ2n) is 4.82. The van der Waals surface area contributed by atoms with Gasteiger partial charge in [0.25, 0.3) is 10.0 Å². The van der Waals surface area contributed by atoms with E-state index in [2.05, 4.69) is 4.72 Å². The predicted octanol–water partition coefficient (Wildman–Crippen LogP) is 0.588. The number of benzene rings is 2. The van der Waals surface area contributed by atoms with Gasteiger partial charge in [0.2, 0.25) is 6.79 Å². The Balaban J connectivity index is 1.93. The molecule has 0 aliphatic carbocycles. The first-order valence-electron chi connectivity index (χ1n) is 6.72. The Hall–Kier alpha value is -2.94.